The highest BCUT2D eigenvalue weighted by atomic mass is 19.4. The van der Waals surface area contributed by atoms with Crippen molar-refractivity contribution in [2.75, 3.05) is 5.32 Å². The quantitative estimate of drug-likeness (QED) is 0.614. The van der Waals surface area contributed by atoms with Crippen molar-refractivity contribution in [2.45, 2.75) is 25.1 Å². The Labute approximate surface area is 152 Å². The van der Waals surface area contributed by atoms with Crippen LogP contribution in [0.3, 0.4) is 0 Å². The van der Waals surface area contributed by atoms with Gasteiger partial charge in [0.05, 0.1) is 10.9 Å². The third kappa shape index (κ3) is 2.95. The van der Waals surface area contributed by atoms with E-state index in [1.165, 1.54) is 6.20 Å². The molecule has 0 aliphatic heterocycles. The van der Waals surface area contributed by atoms with Crippen LogP contribution >= 0.6 is 0 Å². The number of fused-ring (bicyclic) bond motifs is 3. The van der Waals surface area contributed by atoms with Crippen LogP contribution in [0.2, 0.25) is 0 Å². The third-order valence-corrected chi connectivity index (χ3v) is 4.86. The normalized spacial score (nSPS) is 15.6. The van der Waals surface area contributed by atoms with E-state index in [0.717, 1.165) is 0 Å². The molecule has 1 aliphatic rings. The number of primary amides is 1. The van der Waals surface area contributed by atoms with E-state index in [4.69, 9.17) is 12.2 Å². The minimum absolute atomic E-state index is 0.156. The molecule has 1 atom stereocenters. The number of hydrogen-bond donors (Lipinski definition) is 3. The maximum atomic E-state index is 13.5. The molecule has 4 rings (SSSR count). The Morgan fingerprint density at radius 2 is 2.15 bits per heavy atom. The fourth-order valence-corrected chi connectivity index (χ4v) is 3.40. The fourth-order valence-electron chi connectivity index (χ4n) is 3.40. The molecule has 1 aromatic carbocycles. The van der Waals surface area contributed by atoms with Crippen molar-refractivity contribution in [3.8, 4) is 12.3 Å². The molecule has 3 aromatic rings. The summed E-state index contributed by atoms with van der Waals surface area (Å²) in [5.41, 5.74) is 7.17. The van der Waals surface area contributed by atoms with Crippen LogP contribution in [0.1, 0.15) is 28.8 Å². The van der Waals surface area contributed by atoms with Crippen LogP contribution < -0.4 is 16.0 Å². The Hall–Kier alpha value is -3.21. The largest absolute Gasteiger partial charge is 0.428 e. The van der Waals surface area contributed by atoms with Gasteiger partial charge in [0.2, 0.25) is 0 Å². The van der Waals surface area contributed by atoms with E-state index in [-0.39, 0.29) is 11.4 Å². The van der Waals surface area contributed by atoms with Crippen LogP contribution in [0.4, 0.5) is 19.0 Å². The average molecular weight is 373 g/mol. The summed E-state index contributed by atoms with van der Waals surface area (Å²) in [5.74, 6) is 1.54. The molecule has 0 spiro atoms. The number of halogens is 3. The molecule has 5 N–H and O–H groups in total. The van der Waals surface area contributed by atoms with Crippen LogP contribution in [-0.4, -0.2) is 23.1 Å². The van der Waals surface area contributed by atoms with Crippen LogP contribution in [0.5, 0.6) is 0 Å². The van der Waals surface area contributed by atoms with Gasteiger partial charge in [-0.25, -0.2) is 4.98 Å². The Kier molecular flexibility index (Phi) is 3.77. The lowest BCUT2D eigenvalue weighted by molar-refractivity contribution is -0.360. The van der Waals surface area contributed by atoms with Gasteiger partial charge < -0.3 is 10.7 Å². The number of anilines is 1. The summed E-state index contributed by atoms with van der Waals surface area (Å²) in [5, 5.41) is 3.69. The average Bonchev–Trinajstić information content (AvgIpc) is 3.36. The van der Waals surface area contributed by atoms with Gasteiger partial charge in [-0.2, -0.15) is 13.2 Å². The predicted molar refractivity (Wildman–Crippen MR) is 95.0 cm³/mol. The van der Waals surface area contributed by atoms with Crippen molar-refractivity contribution < 1.29 is 22.9 Å². The topological polar surface area (TPSA) is 85.1 Å². The molecule has 0 bridgehead atoms. The number of aromatic amines is 2. The number of alkyl halides is 3. The van der Waals surface area contributed by atoms with Gasteiger partial charge in [0, 0.05) is 22.4 Å². The summed E-state index contributed by atoms with van der Waals surface area (Å²) in [6.45, 7) is 0. The number of benzene rings is 1. The van der Waals surface area contributed by atoms with Gasteiger partial charge in [0.1, 0.15) is 11.8 Å². The van der Waals surface area contributed by atoms with Crippen molar-refractivity contribution in [3.05, 3.63) is 35.5 Å². The number of rotatable bonds is 4. The summed E-state index contributed by atoms with van der Waals surface area (Å²) in [6, 6.07) is 3.45. The molecular formula is C19H16F3N4O+. The summed E-state index contributed by atoms with van der Waals surface area (Å²) < 4.78 is 40.4. The molecule has 2 aromatic heterocycles. The lowest BCUT2D eigenvalue weighted by Gasteiger charge is -2.17. The van der Waals surface area contributed by atoms with E-state index >= 15 is 0 Å². The second-order valence-corrected chi connectivity index (χ2v) is 6.72. The lowest BCUT2D eigenvalue weighted by atomic mass is 10.1. The smallest absolute Gasteiger partial charge is 0.365 e. The molecule has 1 saturated carbocycles. The van der Waals surface area contributed by atoms with Crippen LogP contribution in [0.25, 0.3) is 21.8 Å². The standard InChI is InChI=1S/C19H15F3N4O/c1-2-9-3-6-11-13(7-9)25-15-12(17(23)27)8-24-18(14(11)15)26-16(10-4-5-10)19(20,21)22/h1,3,6-8,10,16,25H,4-5H2,(H2,23,27)(H,24,26)/p+1/t16-/m1/s1. The Balaban J connectivity index is 1.94. The van der Waals surface area contributed by atoms with Gasteiger partial charge in [-0.1, -0.05) is 12.0 Å². The molecule has 0 saturated heterocycles. The fraction of sp³-hybridized carbons (Fsp3) is 0.263. The number of aromatic nitrogens is 2. The highest BCUT2D eigenvalue weighted by Gasteiger charge is 2.52. The third-order valence-electron chi connectivity index (χ3n) is 4.86. The molecule has 1 amide bonds. The van der Waals surface area contributed by atoms with E-state index < -0.39 is 24.0 Å². The number of carbonyl (C=O) groups is 1. The Morgan fingerprint density at radius 1 is 1.41 bits per heavy atom. The second kappa shape index (κ2) is 5.91. The first-order chi connectivity index (χ1) is 12.8. The Bertz CT molecular complexity index is 1110. The minimum Gasteiger partial charge on any atom is -0.365 e. The first-order valence-electron chi connectivity index (χ1n) is 8.39. The number of terminal acetylenes is 1. The van der Waals surface area contributed by atoms with Crippen LogP contribution in [0.15, 0.2) is 24.4 Å². The highest BCUT2D eigenvalue weighted by Crippen LogP contribution is 2.42. The van der Waals surface area contributed by atoms with Gasteiger partial charge in [-0.3, -0.25) is 10.1 Å². The summed E-state index contributed by atoms with van der Waals surface area (Å²) in [6.07, 6.45) is 3.40. The zero-order valence-corrected chi connectivity index (χ0v) is 14.1. The SMILES string of the molecule is C#Cc1ccc2c(c1)[nH]c1c(C(N)=O)c[nH+]c(N[C@H](C3CC3)C(F)(F)F)c12. The van der Waals surface area contributed by atoms with Crippen molar-refractivity contribution in [2.24, 2.45) is 11.7 Å². The monoisotopic (exact) mass is 373 g/mol. The molecular weight excluding hydrogens is 357 g/mol. The van der Waals surface area contributed by atoms with E-state index in [0.29, 0.717) is 40.2 Å². The zero-order valence-electron chi connectivity index (χ0n) is 14.1. The maximum Gasteiger partial charge on any atom is 0.428 e. The Morgan fingerprint density at radius 3 is 2.74 bits per heavy atom. The molecule has 138 valence electrons. The molecule has 1 aliphatic carbocycles. The predicted octanol–water partition coefficient (Wildman–Crippen LogP) is 2.97. The number of carbonyl (C=O) groups excluding carboxylic acids is 1. The van der Waals surface area contributed by atoms with Crippen molar-refractivity contribution in [1.29, 1.82) is 0 Å². The van der Waals surface area contributed by atoms with E-state index in [9.17, 15) is 18.0 Å². The van der Waals surface area contributed by atoms with Crippen LogP contribution in [-0.2, 0) is 0 Å². The molecule has 0 unspecified atom stereocenters. The molecule has 2 heterocycles. The number of amides is 1. The maximum absolute atomic E-state index is 13.5. The van der Waals surface area contributed by atoms with Gasteiger partial charge >= 0.3 is 6.18 Å². The molecule has 27 heavy (non-hydrogen) atoms. The molecule has 0 radical (unpaired) electrons. The zero-order chi connectivity index (χ0) is 19.3. The summed E-state index contributed by atoms with van der Waals surface area (Å²) in [7, 11) is 0. The second-order valence-electron chi connectivity index (χ2n) is 6.72. The minimum atomic E-state index is -4.38. The van der Waals surface area contributed by atoms with Crippen molar-refractivity contribution in [1.82, 2.24) is 4.98 Å². The van der Waals surface area contributed by atoms with E-state index in [2.05, 4.69) is 21.2 Å². The van der Waals surface area contributed by atoms with Crippen molar-refractivity contribution >= 4 is 33.5 Å². The molecule has 5 nitrogen and oxygen atoms in total. The number of hydrogen-bond acceptors (Lipinski definition) is 2. The number of H-pyrrole nitrogens is 2. The first-order valence-corrected chi connectivity index (χ1v) is 8.39. The van der Waals surface area contributed by atoms with Gasteiger partial charge in [-0.15, -0.1) is 6.42 Å². The van der Waals surface area contributed by atoms with Gasteiger partial charge in [0.15, 0.2) is 6.04 Å². The van der Waals surface area contributed by atoms with Gasteiger partial charge in [0.25, 0.3) is 11.7 Å². The van der Waals surface area contributed by atoms with Crippen LogP contribution in [0, 0.1) is 18.3 Å². The number of nitrogens with one attached hydrogen (secondary N) is 3. The molecule has 8 heteroatoms. The first kappa shape index (κ1) is 17.2. The van der Waals surface area contributed by atoms with E-state index in [1.54, 1.807) is 18.2 Å². The molecule has 1 fully saturated rings. The van der Waals surface area contributed by atoms with E-state index in [1.807, 2.05) is 0 Å². The summed E-state index contributed by atoms with van der Waals surface area (Å²) in [4.78, 5) is 17.6. The lowest BCUT2D eigenvalue weighted by Crippen LogP contribution is -2.40. The summed E-state index contributed by atoms with van der Waals surface area (Å²) >= 11 is 0. The van der Waals surface area contributed by atoms with Crippen molar-refractivity contribution in [3.63, 3.8) is 0 Å². The highest BCUT2D eigenvalue weighted by molar-refractivity contribution is 6.17. The number of pyridine rings is 1. The number of nitrogens with two attached hydrogens (primary N) is 1. The van der Waals surface area contributed by atoms with Gasteiger partial charge in [-0.05, 0) is 25.0 Å².